The van der Waals surface area contributed by atoms with Crippen molar-refractivity contribution in [2.24, 2.45) is 5.73 Å². The van der Waals surface area contributed by atoms with Crippen molar-refractivity contribution in [3.63, 3.8) is 0 Å². The van der Waals surface area contributed by atoms with Gasteiger partial charge in [0.1, 0.15) is 11.7 Å². The zero-order chi connectivity index (χ0) is 34.1. The van der Waals surface area contributed by atoms with Crippen LogP contribution in [-0.4, -0.2) is 54.7 Å². The summed E-state index contributed by atoms with van der Waals surface area (Å²) in [7, 11) is 0. The highest BCUT2D eigenvalue weighted by molar-refractivity contribution is 5.70. The number of esters is 2. The predicted octanol–water partition coefficient (Wildman–Crippen LogP) is 11.1. The Labute approximate surface area is 287 Å². The van der Waals surface area contributed by atoms with Gasteiger partial charge in [-0.25, -0.2) is 0 Å². The minimum absolute atomic E-state index is 0.0276. The van der Waals surface area contributed by atoms with Gasteiger partial charge in [-0.05, 0) is 105 Å². The van der Waals surface area contributed by atoms with Crippen LogP contribution in [0.5, 0.6) is 0 Å². The van der Waals surface area contributed by atoms with E-state index in [0.717, 1.165) is 71.1 Å². The molecule has 0 aliphatic carbocycles. The van der Waals surface area contributed by atoms with Gasteiger partial charge in [0.2, 0.25) is 0 Å². The maximum absolute atomic E-state index is 12.7. The zero-order valence-corrected chi connectivity index (χ0v) is 31.7. The second-order valence-corrected chi connectivity index (χ2v) is 14.8. The topological polar surface area (TPSA) is 81.9 Å². The first kappa shape index (κ1) is 44.9. The summed E-state index contributed by atoms with van der Waals surface area (Å²) in [5, 5.41) is 0. The van der Waals surface area contributed by atoms with E-state index in [1.165, 1.54) is 116 Å². The molecule has 0 fully saturated rings. The van der Waals surface area contributed by atoms with Gasteiger partial charge in [0, 0.05) is 12.8 Å². The molecule has 6 heteroatoms. The molecule has 0 aliphatic rings. The molecule has 0 saturated carbocycles. The van der Waals surface area contributed by atoms with Gasteiger partial charge in [0.15, 0.2) is 0 Å². The second kappa shape index (κ2) is 32.4. The molecule has 0 rings (SSSR count). The summed E-state index contributed by atoms with van der Waals surface area (Å²) in [5.41, 5.74) is 5.42. The van der Waals surface area contributed by atoms with E-state index in [1.54, 1.807) is 0 Å². The fourth-order valence-corrected chi connectivity index (χ4v) is 6.12. The lowest BCUT2D eigenvalue weighted by Crippen LogP contribution is -2.28. The van der Waals surface area contributed by atoms with Gasteiger partial charge in [-0.3, -0.25) is 9.59 Å². The normalized spacial score (nSPS) is 11.9. The third kappa shape index (κ3) is 32.8. The number of unbranched alkanes of at least 4 members (excludes halogenated alkanes) is 18. The molecule has 0 amide bonds. The zero-order valence-electron chi connectivity index (χ0n) is 31.7. The number of hydrogen-bond donors (Lipinski definition) is 1. The van der Waals surface area contributed by atoms with Crippen LogP contribution in [-0.2, 0) is 19.1 Å². The number of hydrogen-bond acceptors (Lipinski definition) is 6. The van der Waals surface area contributed by atoms with Crippen molar-refractivity contribution in [1.82, 2.24) is 4.90 Å². The highest BCUT2D eigenvalue weighted by Crippen LogP contribution is 2.18. The van der Waals surface area contributed by atoms with Crippen LogP contribution in [0.15, 0.2) is 0 Å². The Bertz CT molecular complexity index is 663. The van der Waals surface area contributed by atoms with Crippen molar-refractivity contribution in [1.29, 1.82) is 0 Å². The smallest absolute Gasteiger partial charge is 0.306 e. The third-order valence-corrected chi connectivity index (χ3v) is 8.87. The number of nitrogens with two attached hydrogens (primary N) is 1. The second-order valence-electron chi connectivity index (χ2n) is 14.8. The minimum atomic E-state index is -0.388. The van der Waals surface area contributed by atoms with Crippen LogP contribution in [0.2, 0.25) is 0 Å². The van der Waals surface area contributed by atoms with Crippen molar-refractivity contribution < 1.29 is 19.1 Å². The van der Waals surface area contributed by atoms with Crippen molar-refractivity contribution in [3.05, 3.63) is 0 Å². The number of nitrogens with zero attached hydrogens (tertiary/aromatic N) is 1. The van der Waals surface area contributed by atoms with Crippen LogP contribution in [0.1, 0.15) is 208 Å². The van der Waals surface area contributed by atoms with E-state index in [9.17, 15) is 9.59 Å². The monoisotopic (exact) mass is 653 g/mol. The third-order valence-electron chi connectivity index (χ3n) is 8.87. The molecular formula is C40H80N2O4. The van der Waals surface area contributed by atoms with Crippen LogP contribution >= 0.6 is 0 Å². The highest BCUT2D eigenvalue weighted by Gasteiger charge is 2.16. The van der Waals surface area contributed by atoms with Gasteiger partial charge < -0.3 is 20.1 Å². The molecule has 0 bridgehead atoms. The Balaban J connectivity index is 4.12. The lowest BCUT2D eigenvalue weighted by molar-refractivity contribution is -0.155. The first-order chi connectivity index (χ1) is 22.2. The summed E-state index contributed by atoms with van der Waals surface area (Å²) in [5.74, 6) is -0.0496. The van der Waals surface area contributed by atoms with Gasteiger partial charge in [-0.1, -0.05) is 117 Å². The number of ether oxygens (including phenoxy) is 2. The Morgan fingerprint density at radius 3 is 1.39 bits per heavy atom. The van der Waals surface area contributed by atoms with Crippen molar-refractivity contribution in [3.8, 4) is 0 Å². The summed E-state index contributed by atoms with van der Waals surface area (Å²) in [4.78, 5) is 27.1. The molecule has 274 valence electrons. The molecule has 6 nitrogen and oxygen atoms in total. The van der Waals surface area contributed by atoms with Gasteiger partial charge in [-0.15, -0.1) is 0 Å². The maximum atomic E-state index is 12.7. The molecule has 0 aliphatic heterocycles. The molecule has 0 unspecified atom stereocenters. The molecule has 2 N–H and O–H groups in total. The summed E-state index contributed by atoms with van der Waals surface area (Å²) in [6.07, 6.45) is 31.1. The van der Waals surface area contributed by atoms with Gasteiger partial charge in [-0.2, -0.15) is 0 Å². The molecule has 0 heterocycles. The highest BCUT2D eigenvalue weighted by atomic mass is 16.6. The molecular weight excluding hydrogens is 572 g/mol. The first-order valence-corrected chi connectivity index (χ1v) is 20.1. The van der Waals surface area contributed by atoms with E-state index in [1.807, 2.05) is 20.8 Å². The van der Waals surface area contributed by atoms with Crippen molar-refractivity contribution in [2.75, 3.05) is 26.2 Å². The Morgan fingerprint density at radius 1 is 0.543 bits per heavy atom. The fourth-order valence-electron chi connectivity index (χ4n) is 6.12. The van der Waals surface area contributed by atoms with Gasteiger partial charge >= 0.3 is 11.9 Å². The molecule has 0 saturated heterocycles. The predicted molar refractivity (Wildman–Crippen MR) is 197 cm³/mol. The quantitative estimate of drug-likeness (QED) is 0.0550. The standard InChI is InChI=1S/C40H80N2O4/c1-6-8-10-12-16-22-29-37(30-23-17-13-11-9-7-2)45-38(43)31-24-18-14-20-26-34-42(36-28-33-41)35-27-21-15-19-25-32-39(44)46-40(3,4)5/h37H,6-36,41H2,1-5H3. The minimum Gasteiger partial charge on any atom is -0.462 e. The first-order valence-electron chi connectivity index (χ1n) is 20.1. The van der Waals surface area contributed by atoms with E-state index < -0.39 is 0 Å². The van der Waals surface area contributed by atoms with Gasteiger partial charge in [0.25, 0.3) is 0 Å². The average Bonchev–Trinajstić information content (AvgIpc) is 3.00. The van der Waals surface area contributed by atoms with Crippen LogP contribution in [0.4, 0.5) is 0 Å². The Hall–Kier alpha value is -1.14. The number of carbonyl (C=O) groups is 2. The molecule has 46 heavy (non-hydrogen) atoms. The summed E-state index contributed by atoms with van der Waals surface area (Å²) < 4.78 is 11.4. The number of rotatable bonds is 34. The van der Waals surface area contributed by atoms with E-state index in [2.05, 4.69) is 18.7 Å². The van der Waals surface area contributed by atoms with Gasteiger partial charge in [0.05, 0.1) is 0 Å². The molecule has 0 aromatic heterocycles. The largest absolute Gasteiger partial charge is 0.462 e. The molecule has 0 aromatic carbocycles. The molecule has 0 spiro atoms. The molecule has 0 atom stereocenters. The lowest BCUT2D eigenvalue weighted by atomic mass is 10.0. The Kier molecular flexibility index (Phi) is 31.6. The van der Waals surface area contributed by atoms with Crippen molar-refractivity contribution in [2.45, 2.75) is 220 Å². The fraction of sp³-hybridized carbons (Fsp3) is 0.950. The Morgan fingerprint density at radius 2 is 0.935 bits per heavy atom. The summed E-state index contributed by atoms with van der Waals surface area (Å²) >= 11 is 0. The summed E-state index contributed by atoms with van der Waals surface area (Å²) in [6.45, 7) is 14.4. The van der Waals surface area contributed by atoms with Crippen LogP contribution in [0.25, 0.3) is 0 Å². The van der Waals surface area contributed by atoms with E-state index >= 15 is 0 Å². The van der Waals surface area contributed by atoms with Crippen LogP contribution in [0.3, 0.4) is 0 Å². The van der Waals surface area contributed by atoms with E-state index in [0.29, 0.717) is 12.8 Å². The van der Waals surface area contributed by atoms with Crippen LogP contribution < -0.4 is 5.73 Å². The van der Waals surface area contributed by atoms with Crippen molar-refractivity contribution >= 4 is 11.9 Å². The average molecular weight is 653 g/mol. The van der Waals surface area contributed by atoms with E-state index in [-0.39, 0.29) is 23.6 Å². The summed E-state index contributed by atoms with van der Waals surface area (Å²) in [6, 6.07) is 0. The maximum Gasteiger partial charge on any atom is 0.306 e. The van der Waals surface area contributed by atoms with E-state index in [4.69, 9.17) is 15.2 Å². The van der Waals surface area contributed by atoms with Crippen LogP contribution in [0, 0.1) is 0 Å². The SMILES string of the molecule is CCCCCCCCC(CCCCCCCC)OC(=O)CCCCCCCN(CCCN)CCCCCCCC(=O)OC(C)(C)C. The lowest BCUT2D eigenvalue weighted by Gasteiger charge is -2.22. The molecule has 0 aromatic rings. The number of carbonyl (C=O) groups excluding carboxylic acids is 2. The molecule has 0 radical (unpaired) electrons.